The summed E-state index contributed by atoms with van der Waals surface area (Å²) in [5, 5.41) is 2.76. The molecule has 0 saturated carbocycles. The quantitative estimate of drug-likeness (QED) is 0.232. The second kappa shape index (κ2) is 11.2. The Bertz CT molecular complexity index is 1380. The van der Waals surface area contributed by atoms with Gasteiger partial charge in [-0.2, -0.15) is 0 Å². The summed E-state index contributed by atoms with van der Waals surface area (Å²) in [4.78, 5) is 29.5. The van der Waals surface area contributed by atoms with Crippen molar-refractivity contribution < 1.29 is 13.2 Å². The Morgan fingerprint density at radius 1 is 1.06 bits per heavy atom. The standard InChI is InChI=1S/C23H25BrN6O4S/c1-15(21(31)27-13-16-6-10-19(11-7-16)28-23(25)26)30-12-2-3-20(22(30)32)29-35(33,34)14-17-4-8-18(24)9-5-17/h2-12,15,29H,13-14H2,1H3,(H,27,31)(H4,25,26,28). The van der Waals surface area contributed by atoms with Crippen molar-refractivity contribution in [3.63, 3.8) is 0 Å². The molecule has 0 spiro atoms. The molecule has 1 amide bonds. The number of amides is 1. The predicted octanol–water partition coefficient (Wildman–Crippen LogP) is 2.34. The van der Waals surface area contributed by atoms with Crippen molar-refractivity contribution >= 4 is 49.2 Å². The van der Waals surface area contributed by atoms with Crippen LogP contribution in [-0.4, -0.2) is 24.9 Å². The molecule has 3 aromatic rings. The molecule has 1 heterocycles. The van der Waals surface area contributed by atoms with Crippen molar-refractivity contribution in [3.05, 3.63) is 92.8 Å². The van der Waals surface area contributed by atoms with Crippen LogP contribution in [0, 0.1) is 0 Å². The van der Waals surface area contributed by atoms with Gasteiger partial charge in [-0.25, -0.2) is 13.4 Å². The van der Waals surface area contributed by atoms with Crippen LogP contribution < -0.4 is 27.1 Å². The first-order valence-corrected chi connectivity index (χ1v) is 12.9. The van der Waals surface area contributed by atoms with Crippen LogP contribution in [0.5, 0.6) is 0 Å². The topological polar surface area (TPSA) is 162 Å². The summed E-state index contributed by atoms with van der Waals surface area (Å²) in [5.41, 5.74) is 11.9. The number of carbonyl (C=O) groups excluding carboxylic acids is 1. The molecule has 0 aliphatic heterocycles. The van der Waals surface area contributed by atoms with Crippen LogP contribution in [0.1, 0.15) is 24.1 Å². The third-order valence-corrected chi connectivity index (χ3v) is 6.74. The maximum atomic E-state index is 12.9. The predicted molar refractivity (Wildman–Crippen MR) is 140 cm³/mol. The molecule has 1 aromatic heterocycles. The summed E-state index contributed by atoms with van der Waals surface area (Å²) in [7, 11) is -3.85. The lowest BCUT2D eigenvalue weighted by Gasteiger charge is -2.17. The minimum Gasteiger partial charge on any atom is -0.370 e. The molecule has 6 N–H and O–H groups in total. The van der Waals surface area contributed by atoms with E-state index in [1.165, 1.54) is 22.9 Å². The molecular weight excluding hydrogens is 536 g/mol. The van der Waals surface area contributed by atoms with Gasteiger partial charge in [-0.15, -0.1) is 0 Å². The summed E-state index contributed by atoms with van der Waals surface area (Å²) in [5.74, 6) is -0.759. The van der Waals surface area contributed by atoms with Crippen LogP contribution in [0.4, 0.5) is 11.4 Å². The van der Waals surface area contributed by atoms with Gasteiger partial charge in [0.1, 0.15) is 11.7 Å². The van der Waals surface area contributed by atoms with E-state index in [4.69, 9.17) is 11.5 Å². The number of nitrogens with zero attached hydrogens (tertiary/aromatic N) is 2. The van der Waals surface area contributed by atoms with Gasteiger partial charge in [-0.05, 0) is 54.4 Å². The Balaban J connectivity index is 1.67. The Morgan fingerprint density at radius 2 is 1.69 bits per heavy atom. The highest BCUT2D eigenvalue weighted by atomic mass is 79.9. The Labute approximate surface area is 211 Å². The molecule has 1 unspecified atom stereocenters. The second-order valence-corrected chi connectivity index (χ2v) is 10.4. The fourth-order valence-corrected chi connectivity index (χ4v) is 4.66. The largest absolute Gasteiger partial charge is 0.370 e. The zero-order valence-corrected chi connectivity index (χ0v) is 21.2. The molecule has 0 aliphatic rings. The Hall–Kier alpha value is -3.64. The number of benzene rings is 2. The number of hydrogen-bond acceptors (Lipinski definition) is 5. The molecule has 0 aliphatic carbocycles. The minimum atomic E-state index is -3.85. The van der Waals surface area contributed by atoms with Crippen molar-refractivity contribution in [1.82, 2.24) is 9.88 Å². The molecule has 2 aromatic carbocycles. The van der Waals surface area contributed by atoms with Crippen molar-refractivity contribution in [2.24, 2.45) is 16.5 Å². The fourth-order valence-electron chi connectivity index (χ4n) is 3.20. The minimum absolute atomic E-state index is 0.0526. The van der Waals surface area contributed by atoms with Crippen LogP contribution in [0.15, 0.2) is 81.1 Å². The highest BCUT2D eigenvalue weighted by Gasteiger charge is 2.19. The highest BCUT2D eigenvalue weighted by Crippen LogP contribution is 2.15. The first-order chi connectivity index (χ1) is 16.5. The second-order valence-electron chi connectivity index (χ2n) is 7.72. The van der Waals surface area contributed by atoms with E-state index in [-0.39, 0.29) is 23.9 Å². The van der Waals surface area contributed by atoms with Gasteiger partial charge in [0, 0.05) is 17.2 Å². The first-order valence-electron chi connectivity index (χ1n) is 10.5. The van der Waals surface area contributed by atoms with Gasteiger partial charge in [0.05, 0.1) is 11.4 Å². The van der Waals surface area contributed by atoms with E-state index in [2.05, 4.69) is 31.0 Å². The van der Waals surface area contributed by atoms with Gasteiger partial charge in [0.15, 0.2) is 5.96 Å². The lowest BCUT2D eigenvalue weighted by atomic mass is 10.2. The van der Waals surface area contributed by atoms with Crippen LogP contribution >= 0.6 is 15.9 Å². The normalized spacial score (nSPS) is 11.9. The highest BCUT2D eigenvalue weighted by molar-refractivity contribution is 9.10. The maximum Gasteiger partial charge on any atom is 0.275 e. The average Bonchev–Trinajstić information content (AvgIpc) is 2.80. The van der Waals surface area contributed by atoms with Gasteiger partial charge in [-0.1, -0.05) is 40.2 Å². The first kappa shape index (κ1) is 26.0. The molecule has 12 heteroatoms. The number of nitrogens with two attached hydrogens (primary N) is 2. The van der Waals surface area contributed by atoms with Crippen molar-refractivity contribution in [3.8, 4) is 0 Å². The molecule has 10 nitrogen and oxygen atoms in total. The summed E-state index contributed by atoms with van der Waals surface area (Å²) in [6.45, 7) is 1.78. The maximum absolute atomic E-state index is 12.9. The van der Waals surface area contributed by atoms with E-state index < -0.39 is 27.5 Å². The monoisotopic (exact) mass is 560 g/mol. The van der Waals surface area contributed by atoms with E-state index >= 15 is 0 Å². The molecule has 0 bridgehead atoms. The number of pyridine rings is 1. The lowest BCUT2D eigenvalue weighted by Crippen LogP contribution is -2.36. The summed E-state index contributed by atoms with van der Waals surface area (Å²) in [6, 6.07) is 15.8. The van der Waals surface area contributed by atoms with Gasteiger partial charge >= 0.3 is 0 Å². The number of aliphatic imine (C=N–C) groups is 1. The molecule has 0 saturated heterocycles. The molecule has 0 fully saturated rings. The molecular formula is C23H25BrN6O4S. The molecule has 35 heavy (non-hydrogen) atoms. The summed E-state index contributed by atoms with van der Waals surface area (Å²) < 4.78 is 29.5. The van der Waals surface area contributed by atoms with Crippen molar-refractivity contribution in [1.29, 1.82) is 0 Å². The smallest absolute Gasteiger partial charge is 0.275 e. The molecule has 1 atom stereocenters. The van der Waals surface area contributed by atoms with Crippen LogP contribution in [0.2, 0.25) is 0 Å². The van der Waals surface area contributed by atoms with Gasteiger partial charge in [-0.3, -0.25) is 14.3 Å². The van der Waals surface area contributed by atoms with Gasteiger partial charge in [0.25, 0.3) is 5.56 Å². The van der Waals surface area contributed by atoms with Crippen molar-refractivity contribution in [2.45, 2.75) is 25.3 Å². The number of anilines is 1. The average molecular weight is 561 g/mol. The van der Waals surface area contributed by atoms with Crippen LogP contribution in [0.25, 0.3) is 0 Å². The van der Waals surface area contributed by atoms with E-state index in [0.717, 1.165) is 10.0 Å². The molecule has 0 radical (unpaired) electrons. The number of halogens is 1. The number of aromatic nitrogens is 1. The van der Waals surface area contributed by atoms with E-state index in [0.29, 0.717) is 11.3 Å². The SMILES string of the molecule is CC(C(=O)NCc1ccc(N=C(N)N)cc1)n1cccc(NS(=O)(=O)Cc2ccc(Br)cc2)c1=O. The lowest BCUT2D eigenvalue weighted by molar-refractivity contribution is -0.124. The van der Waals surface area contributed by atoms with Crippen LogP contribution in [0.3, 0.4) is 0 Å². The summed E-state index contributed by atoms with van der Waals surface area (Å²) >= 11 is 3.30. The zero-order valence-electron chi connectivity index (χ0n) is 18.8. The van der Waals surface area contributed by atoms with E-state index in [1.807, 2.05) is 0 Å². The fraction of sp³-hybridized carbons (Fsp3) is 0.174. The number of nitrogens with one attached hydrogen (secondary N) is 2. The molecule has 184 valence electrons. The van der Waals surface area contributed by atoms with E-state index in [1.54, 1.807) is 55.5 Å². The third-order valence-electron chi connectivity index (χ3n) is 4.97. The summed E-state index contributed by atoms with van der Waals surface area (Å²) in [6.07, 6.45) is 1.43. The number of sulfonamides is 1. The third kappa shape index (κ3) is 7.42. The number of carbonyl (C=O) groups is 1. The number of hydrogen-bond donors (Lipinski definition) is 4. The van der Waals surface area contributed by atoms with Crippen LogP contribution in [-0.2, 0) is 27.1 Å². The van der Waals surface area contributed by atoms with Crippen molar-refractivity contribution in [2.75, 3.05) is 4.72 Å². The Kier molecular flexibility index (Phi) is 8.30. The van der Waals surface area contributed by atoms with Gasteiger partial charge in [0.2, 0.25) is 15.9 Å². The zero-order chi connectivity index (χ0) is 25.6. The number of rotatable bonds is 9. The molecule has 3 rings (SSSR count). The van der Waals surface area contributed by atoms with E-state index in [9.17, 15) is 18.0 Å². The Morgan fingerprint density at radius 3 is 2.31 bits per heavy atom. The number of guanidine groups is 1. The van der Waals surface area contributed by atoms with Gasteiger partial charge < -0.3 is 21.4 Å².